The molecule has 7 nitrogen and oxygen atoms in total. The number of thiazole rings is 1. The first kappa shape index (κ1) is 24.7. The zero-order valence-corrected chi connectivity index (χ0v) is 21.8. The van der Waals surface area contributed by atoms with Crippen LogP contribution in [0.4, 0.5) is 5.13 Å². The number of carboxylic acid groups (broad SMARTS) is 1. The van der Waals surface area contributed by atoms with E-state index in [-0.39, 0.29) is 17.9 Å². The lowest BCUT2D eigenvalue weighted by atomic mass is 9.87. The molecule has 0 saturated carbocycles. The average Bonchev–Trinajstić information content (AvgIpc) is 3.66. The van der Waals surface area contributed by atoms with E-state index in [1.54, 1.807) is 4.90 Å². The van der Waals surface area contributed by atoms with Gasteiger partial charge in [-0.15, -0.1) is 22.7 Å². The van der Waals surface area contributed by atoms with Gasteiger partial charge in [-0.1, -0.05) is 31.2 Å². The number of hydrogen-bond donors (Lipinski definition) is 1. The Kier molecular flexibility index (Phi) is 7.50. The quantitative estimate of drug-likeness (QED) is 0.280. The Hall–Kier alpha value is -3.01. The Balaban J connectivity index is 1.34. The molecule has 0 spiro atoms. The number of likely N-dealkylation sites (tertiary alicyclic amines) is 1. The Morgan fingerprint density at radius 3 is 2.83 bits per heavy atom. The lowest BCUT2D eigenvalue weighted by Crippen LogP contribution is -2.48. The molecule has 0 aliphatic carbocycles. The summed E-state index contributed by atoms with van der Waals surface area (Å²) in [6.45, 7) is 4.21. The Bertz CT molecular complexity index is 1300. The van der Waals surface area contributed by atoms with Crippen molar-refractivity contribution < 1.29 is 19.1 Å². The largest absolute Gasteiger partial charge is 0.481 e. The molecule has 1 aliphatic rings. The number of carbonyl (C=O) groups excluding carboxylic acids is 1. The minimum Gasteiger partial charge on any atom is -0.481 e. The van der Waals surface area contributed by atoms with Crippen LogP contribution in [-0.2, 0) is 4.79 Å². The summed E-state index contributed by atoms with van der Waals surface area (Å²) in [5, 5.41) is 15.1. The van der Waals surface area contributed by atoms with E-state index in [0.717, 1.165) is 49.7 Å². The van der Waals surface area contributed by atoms with Crippen molar-refractivity contribution in [1.29, 1.82) is 0 Å². The molecule has 1 amide bonds. The number of amides is 1. The number of carbonyl (C=O) groups is 2. The number of piperidine rings is 1. The topological polar surface area (TPSA) is 86.9 Å². The molecule has 4 aromatic rings. The van der Waals surface area contributed by atoms with E-state index >= 15 is 0 Å². The number of aromatic nitrogens is 1. The molecule has 1 N–H and O–H groups in total. The smallest absolute Gasteiger partial charge is 0.308 e. The highest BCUT2D eigenvalue weighted by Crippen LogP contribution is 2.33. The molecule has 3 aromatic heterocycles. The highest BCUT2D eigenvalue weighted by molar-refractivity contribution is 7.14. The predicted molar refractivity (Wildman–Crippen MR) is 144 cm³/mol. The summed E-state index contributed by atoms with van der Waals surface area (Å²) in [6.07, 6.45) is 3.16. The molecular weight excluding hydrogens is 494 g/mol. The molecule has 1 saturated heterocycles. The molecule has 36 heavy (non-hydrogen) atoms. The monoisotopic (exact) mass is 523 g/mol. The number of anilines is 1. The molecular formula is C27H29N3O4S2. The number of nitrogens with zero attached hydrogens (tertiary/aromatic N) is 3. The van der Waals surface area contributed by atoms with Gasteiger partial charge in [0.25, 0.3) is 5.91 Å². The van der Waals surface area contributed by atoms with Gasteiger partial charge in [0.1, 0.15) is 11.3 Å². The van der Waals surface area contributed by atoms with Crippen LogP contribution >= 0.6 is 22.7 Å². The third-order valence-electron chi connectivity index (χ3n) is 6.83. The summed E-state index contributed by atoms with van der Waals surface area (Å²) in [7, 11) is 0. The van der Waals surface area contributed by atoms with E-state index in [9.17, 15) is 14.7 Å². The summed E-state index contributed by atoms with van der Waals surface area (Å²) >= 11 is 2.85. The molecule has 2 atom stereocenters. The van der Waals surface area contributed by atoms with Crippen LogP contribution in [0.3, 0.4) is 0 Å². The summed E-state index contributed by atoms with van der Waals surface area (Å²) in [5.74, 6) is -0.412. The summed E-state index contributed by atoms with van der Waals surface area (Å²) < 4.78 is 5.98. The zero-order chi connectivity index (χ0) is 25.1. The number of fused-ring (bicyclic) bond motifs is 1. The maximum atomic E-state index is 13.4. The van der Waals surface area contributed by atoms with Gasteiger partial charge in [0.15, 0.2) is 10.9 Å². The molecule has 0 bridgehead atoms. The lowest BCUT2D eigenvalue weighted by molar-refractivity contribution is -0.146. The molecule has 1 fully saturated rings. The second-order valence-corrected chi connectivity index (χ2v) is 10.8. The molecule has 5 rings (SSSR count). The highest BCUT2D eigenvalue weighted by Gasteiger charge is 2.34. The molecule has 1 aromatic carbocycles. The second-order valence-electron chi connectivity index (χ2n) is 9.05. The van der Waals surface area contributed by atoms with Gasteiger partial charge in [0.2, 0.25) is 0 Å². The van der Waals surface area contributed by atoms with Gasteiger partial charge in [-0.25, -0.2) is 4.98 Å². The number of rotatable bonds is 9. The van der Waals surface area contributed by atoms with Crippen molar-refractivity contribution in [2.45, 2.75) is 38.6 Å². The van der Waals surface area contributed by atoms with Crippen LogP contribution in [0.15, 0.2) is 57.6 Å². The van der Waals surface area contributed by atoms with Crippen molar-refractivity contribution in [2.75, 3.05) is 24.5 Å². The molecule has 188 valence electrons. The van der Waals surface area contributed by atoms with Gasteiger partial charge < -0.3 is 9.52 Å². The van der Waals surface area contributed by atoms with E-state index in [4.69, 9.17) is 9.40 Å². The van der Waals surface area contributed by atoms with Gasteiger partial charge in [0, 0.05) is 29.9 Å². The number of hydrogen-bond acceptors (Lipinski definition) is 7. The van der Waals surface area contributed by atoms with Crippen LogP contribution in [0.1, 0.15) is 42.3 Å². The molecule has 1 aliphatic heterocycles. The standard InChI is InChI=1S/C27H29N3O4S2/c1-2-21-19(26(32)33)9-5-12-29(21)13-7-14-30(25(31)24-11-6-15-35-24)27-28-20(17-36-27)23-16-18-8-3-4-10-22(18)34-23/h3-4,6,8,10-11,15-17,19,21H,2,5,7,9,12-14H2,1H3,(H,32,33). The third-order valence-corrected chi connectivity index (χ3v) is 8.56. The Morgan fingerprint density at radius 2 is 2.08 bits per heavy atom. The fraction of sp³-hybridized carbons (Fsp3) is 0.370. The lowest BCUT2D eigenvalue weighted by Gasteiger charge is -2.39. The number of carboxylic acids is 1. The van der Waals surface area contributed by atoms with Crippen LogP contribution < -0.4 is 4.90 Å². The van der Waals surface area contributed by atoms with E-state index in [1.165, 1.54) is 22.7 Å². The number of para-hydroxylation sites is 1. The first-order valence-electron chi connectivity index (χ1n) is 12.3. The Morgan fingerprint density at radius 1 is 1.22 bits per heavy atom. The van der Waals surface area contributed by atoms with Crippen LogP contribution in [0.2, 0.25) is 0 Å². The van der Waals surface area contributed by atoms with Gasteiger partial charge >= 0.3 is 5.97 Å². The number of benzene rings is 1. The molecule has 9 heteroatoms. The zero-order valence-electron chi connectivity index (χ0n) is 20.1. The van der Waals surface area contributed by atoms with E-state index in [1.807, 2.05) is 53.2 Å². The normalized spacial score (nSPS) is 18.5. The van der Waals surface area contributed by atoms with Crippen molar-refractivity contribution in [1.82, 2.24) is 9.88 Å². The minimum absolute atomic E-state index is 0.0391. The van der Waals surface area contributed by atoms with Crippen LogP contribution in [0, 0.1) is 5.92 Å². The number of furan rings is 1. The third kappa shape index (κ3) is 5.09. The predicted octanol–water partition coefficient (Wildman–Crippen LogP) is 6.23. The van der Waals surface area contributed by atoms with Crippen molar-refractivity contribution in [3.63, 3.8) is 0 Å². The first-order valence-corrected chi connectivity index (χ1v) is 14.1. The molecule has 2 unspecified atom stereocenters. The first-order chi connectivity index (χ1) is 17.5. The molecule has 0 radical (unpaired) electrons. The number of aliphatic carboxylic acids is 1. The SMILES string of the molecule is CCC1C(C(=O)O)CCCN1CCCN(C(=O)c1cccs1)c1nc(-c2cc3ccccc3o2)cs1. The van der Waals surface area contributed by atoms with Crippen molar-refractivity contribution in [3.05, 3.63) is 58.1 Å². The summed E-state index contributed by atoms with van der Waals surface area (Å²) in [6, 6.07) is 13.6. The fourth-order valence-corrected chi connectivity index (χ4v) is 6.60. The van der Waals surface area contributed by atoms with Gasteiger partial charge in [-0.2, -0.15) is 0 Å². The highest BCUT2D eigenvalue weighted by atomic mass is 32.1. The summed E-state index contributed by atoms with van der Waals surface area (Å²) in [4.78, 5) is 34.7. The second kappa shape index (κ2) is 10.9. The van der Waals surface area contributed by atoms with Crippen LogP contribution in [0.5, 0.6) is 0 Å². The Labute approximate surface area is 218 Å². The van der Waals surface area contributed by atoms with Crippen molar-refractivity contribution in [3.8, 4) is 11.5 Å². The van der Waals surface area contributed by atoms with Crippen LogP contribution in [-0.4, -0.2) is 52.5 Å². The van der Waals surface area contributed by atoms with E-state index in [0.29, 0.717) is 28.0 Å². The van der Waals surface area contributed by atoms with E-state index in [2.05, 4.69) is 11.8 Å². The van der Waals surface area contributed by atoms with Crippen LogP contribution in [0.25, 0.3) is 22.4 Å². The van der Waals surface area contributed by atoms with Gasteiger partial charge in [-0.05, 0) is 55.8 Å². The van der Waals surface area contributed by atoms with Gasteiger partial charge in [-0.3, -0.25) is 19.4 Å². The number of thiophene rings is 1. The fourth-order valence-electron chi connectivity index (χ4n) is 5.09. The van der Waals surface area contributed by atoms with Gasteiger partial charge in [0.05, 0.1) is 10.8 Å². The summed E-state index contributed by atoms with van der Waals surface area (Å²) in [5.41, 5.74) is 1.52. The molecule has 4 heterocycles. The van der Waals surface area contributed by atoms with Crippen molar-refractivity contribution >= 4 is 50.7 Å². The maximum absolute atomic E-state index is 13.4. The maximum Gasteiger partial charge on any atom is 0.308 e. The van der Waals surface area contributed by atoms with Crippen molar-refractivity contribution in [2.24, 2.45) is 5.92 Å². The average molecular weight is 524 g/mol. The van der Waals surface area contributed by atoms with E-state index < -0.39 is 5.97 Å². The minimum atomic E-state index is -0.707.